The van der Waals surface area contributed by atoms with Crippen LogP contribution in [0.5, 0.6) is 0 Å². The van der Waals surface area contributed by atoms with E-state index in [0.717, 1.165) is 30.6 Å². The molecule has 0 aromatic carbocycles. The van der Waals surface area contributed by atoms with E-state index in [1.54, 1.807) is 0 Å². The van der Waals surface area contributed by atoms with Gasteiger partial charge in [-0.15, -0.1) is 0 Å². The van der Waals surface area contributed by atoms with E-state index < -0.39 is 17.3 Å². The van der Waals surface area contributed by atoms with Gasteiger partial charge in [-0.25, -0.2) is 0 Å². The van der Waals surface area contributed by atoms with Crippen LogP contribution in [0.3, 0.4) is 0 Å². The van der Waals surface area contributed by atoms with E-state index in [0.29, 0.717) is 42.6 Å². The van der Waals surface area contributed by atoms with Gasteiger partial charge in [0.05, 0.1) is 6.10 Å². The second-order valence-corrected chi connectivity index (χ2v) is 14.6. The van der Waals surface area contributed by atoms with Gasteiger partial charge in [0.25, 0.3) is 0 Å². The summed E-state index contributed by atoms with van der Waals surface area (Å²) in [7, 11) is 4.00. The number of likely N-dealkylation sites (N-methyl/N-ethyl adjacent to an activating group) is 1. The van der Waals surface area contributed by atoms with Gasteiger partial charge in [-0.1, -0.05) is 53.9 Å². The summed E-state index contributed by atoms with van der Waals surface area (Å²) in [5.74, 6) is 3.91. The van der Waals surface area contributed by atoms with Gasteiger partial charge in [0, 0.05) is 18.4 Å². The molecule has 4 rings (SSSR count). The van der Waals surface area contributed by atoms with E-state index in [1.807, 2.05) is 19.0 Å². The molecule has 10 atom stereocenters. The molecule has 0 bridgehead atoms. The highest BCUT2D eigenvalue weighted by Crippen LogP contribution is 2.70. The summed E-state index contributed by atoms with van der Waals surface area (Å²) in [5.41, 5.74) is -2.37. The number of hydrogen-bond acceptors (Lipinski definition) is 4. The minimum atomic E-state index is -1.22. The number of aliphatic hydroxyl groups is 3. The van der Waals surface area contributed by atoms with Crippen molar-refractivity contribution in [1.82, 2.24) is 4.90 Å². The third-order valence-corrected chi connectivity index (χ3v) is 11.9. The van der Waals surface area contributed by atoms with Gasteiger partial charge in [-0.3, -0.25) is 0 Å². The van der Waals surface area contributed by atoms with Crippen molar-refractivity contribution in [2.24, 2.45) is 46.3 Å². The fraction of sp³-hybridized carbons (Fsp3) is 1.00. The molecule has 0 heterocycles. The standard InChI is InChI=1S/C30H55NO3/c1-20(2)9-8-10-21(3)24-11-12-25-23-18-29(33,19-31(6)7)30(34)17-22(32)13-16-28(30,5)26(23)14-15-27(24,25)4/h20-26,32-34H,8-19H2,1-7H3/t21-,22?,23+,24-,25+,26+,27-,28-,29?,30?/m1/s1. The first-order chi connectivity index (χ1) is 15.8. The SMILES string of the molecule is CC(C)CCC[C@@H](C)[C@H]1CC[C@H]2[C@@H]3CC(O)(CN(C)C)C4(O)CC(O)CC[C@]4(C)[C@H]3CC[C@]12C. The van der Waals surface area contributed by atoms with E-state index in [9.17, 15) is 15.3 Å². The van der Waals surface area contributed by atoms with Crippen molar-refractivity contribution in [3.8, 4) is 0 Å². The van der Waals surface area contributed by atoms with Crippen LogP contribution in [0.2, 0.25) is 0 Å². The highest BCUT2D eigenvalue weighted by molar-refractivity contribution is 5.22. The molecule has 4 heteroatoms. The number of hydrogen-bond donors (Lipinski definition) is 3. The lowest BCUT2D eigenvalue weighted by Crippen LogP contribution is -2.76. The number of rotatable bonds is 7. The van der Waals surface area contributed by atoms with Gasteiger partial charge in [0.15, 0.2) is 0 Å². The Kier molecular flexibility index (Phi) is 7.35. The predicted octanol–water partition coefficient (Wildman–Crippen LogP) is 5.49. The third-order valence-electron chi connectivity index (χ3n) is 11.9. The quantitative estimate of drug-likeness (QED) is 0.454. The smallest absolute Gasteiger partial charge is 0.107 e. The molecular weight excluding hydrogens is 422 g/mol. The second-order valence-electron chi connectivity index (χ2n) is 14.6. The number of fused-ring (bicyclic) bond motifs is 5. The normalized spacial score (nSPS) is 49.6. The lowest BCUT2D eigenvalue weighted by molar-refractivity contribution is -0.308. The Bertz CT molecular complexity index is 726. The summed E-state index contributed by atoms with van der Waals surface area (Å²) in [5, 5.41) is 35.1. The molecule has 0 saturated heterocycles. The van der Waals surface area contributed by atoms with Crippen LogP contribution in [0, 0.1) is 46.3 Å². The summed E-state index contributed by atoms with van der Waals surface area (Å²) < 4.78 is 0. The fourth-order valence-corrected chi connectivity index (χ4v) is 10.2. The minimum Gasteiger partial charge on any atom is -0.393 e. The van der Waals surface area contributed by atoms with Crippen LogP contribution in [0.15, 0.2) is 0 Å². The Labute approximate surface area is 209 Å². The largest absolute Gasteiger partial charge is 0.393 e. The van der Waals surface area contributed by atoms with Crippen LogP contribution in [-0.4, -0.2) is 58.2 Å². The van der Waals surface area contributed by atoms with E-state index in [-0.39, 0.29) is 5.41 Å². The van der Waals surface area contributed by atoms with Crippen molar-refractivity contribution in [3.63, 3.8) is 0 Å². The van der Waals surface area contributed by atoms with Crippen LogP contribution < -0.4 is 0 Å². The van der Waals surface area contributed by atoms with Crippen LogP contribution >= 0.6 is 0 Å². The van der Waals surface area contributed by atoms with Crippen molar-refractivity contribution in [3.05, 3.63) is 0 Å². The number of aliphatic hydroxyl groups excluding tert-OH is 1. The van der Waals surface area contributed by atoms with Gasteiger partial charge in [0.2, 0.25) is 0 Å². The zero-order valence-corrected chi connectivity index (χ0v) is 23.3. The Balaban J connectivity index is 1.63. The first-order valence-electron chi connectivity index (χ1n) is 14.5. The van der Waals surface area contributed by atoms with Crippen molar-refractivity contribution < 1.29 is 15.3 Å². The second kappa shape index (κ2) is 9.30. The Morgan fingerprint density at radius 2 is 1.59 bits per heavy atom. The number of nitrogens with zero attached hydrogens (tertiary/aromatic N) is 1. The zero-order valence-electron chi connectivity index (χ0n) is 23.3. The van der Waals surface area contributed by atoms with E-state index in [1.165, 1.54) is 44.9 Å². The molecule has 0 aliphatic heterocycles. The molecule has 0 radical (unpaired) electrons. The summed E-state index contributed by atoms with van der Waals surface area (Å²) >= 11 is 0. The van der Waals surface area contributed by atoms with Gasteiger partial charge in [-0.2, -0.15) is 0 Å². The average molecular weight is 478 g/mol. The van der Waals surface area contributed by atoms with Gasteiger partial charge >= 0.3 is 0 Å². The summed E-state index contributed by atoms with van der Waals surface area (Å²) in [6, 6.07) is 0. The van der Waals surface area contributed by atoms with Gasteiger partial charge in [-0.05, 0) is 100.0 Å². The molecule has 34 heavy (non-hydrogen) atoms. The van der Waals surface area contributed by atoms with E-state index in [4.69, 9.17) is 0 Å². The first kappa shape index (κ1) is 26.9. The molecule has 4 nitrogen and oxygen atoms in total. The average Bonchev–Trinajstić information content (AvgIpc) is 3.07. The maximum atomic E-state index is 12.3. The Hall–Kier alpha value is -0.160. The molecule has 0 aromatic rings. The van der Waals surface area contributed by atoms with E-state index >= 15 is 0 Å². The maximum Gasteiger partial charge on any atom is 0.107 e. The topological polar surface area (TPSA) is 63.9 Å². The van der Waals surface area contributed by atoms with Crippen LogP contribution in [0.1, 0.15) is 105 Å². The molecule has 0 spiro atoms. The lowest BCUT2D eigenvalue weighted by Gasteiger charge is -2.69. The predicted molar refractivity (Wildman–Crippen MR) is 139 cm³/mol. The van der Waals surface area contributed by atoms with Gasteiger partial charge in [0.1, 0.15) is 11.2 Å². The fourth-order valence-electron chi connectivity index (χ4n) is 10.2. The van der Waals surface area contributed by atoms with Crippen LogP contribution in [-0.2, 0) is 0 Å². The monoisotopic (exact) mass is 477 g/mol. The minimum absolute atomic E-state index is 0.314. The highest BCUT2D eigenvalue weighted by atomic mass is 16.4. The Morgan fingerprint density at radius 3 is 2.24 bits per heavy atom. The van der Waals surface area contributed by atoms with Crippen molar-refractivity contribution in [2.45, 2.75) is 123 Å². The lowest BCUT2D eigenvalue weighted by atomic mass is 9.39. The van der Waals surface area contributed by atoms with Crippen molar-refractivity contribution in [2.75, 3.05) is 20.6 Å². The molecule has 4 aliphatic rings. The third kappa shape index (κ3) is 4.11. The van der Waals surface area contributed by atoms with E-state index in [2.05, 4.69) is 34.6 Å². The summed E-state index contributed by atoms with van der Waals surface area (Å²) in [4.78, 5) is 2.04. The maximum absolute atomic E-state index is 12.3. The summed E-state index contributed by atoms with van der Waals surface area (Å²) in [6.07, 6.45) is 11.1. The molecular formula is C30H55NO3. The van der Waals surface area contributed by atoms with Crippen LogP contribution in [0.25, 0.3) is 0 Å². The highest BCUT2D eigenvalue weighted by Gasteiger charge is 2.72. The summed E-state index contributed by atoms with van der Waals surface area (Å²) in [6.45, 7) is 12.5. The molecule has 3 unspecified atom stereocenters. The molecule has 4 aliphatic carbocycles. The molecule has 4 saturated carbocycles. The van der Waals surface area contributed by atoms with Crippen molar-refractivity contribution in [1.29, 1.82) is 0 Å². The zero-order chi connectivity index (χ0) is 25.1. The molecule has 0 aromatic heterocycles. The Morgan fingerprint density at radius 1 is 0.882 bits per heavy atom. The molecule has 4 fully saturated rings. The molecule has 3 N–H and O–H groups in total. The molecule has 0 amide bonds. The molecule has 198 valence electrons. The van der Waals surface area contributed by atoms with Crippen LogP contribution in [0.4, 0.5) is 0 Å². The van der Waals surface area contributed by atoms with Gasteiger partial charge < -0.3 is 20.2 Å². The van der Waals surface area contributed by atoms with Crippen molar-refractivity contribution >= 4 is 0 Å². The first-order valence-corrected chi connectivity index (χ1v) is 14.5.